The second-order valence-corrected chi connectivity index (χ2v) is 7.44. The maximum Gasteiger partial charge on any atom is 0.276 e. The maximum atomic E-state index is 12.5. The van der Waals surface area contributed by atoms with Crippen molar-refractivity contribution in [3.05, 3.63) is 59.2 Å². The monoisotopic (exact) mass is 375 g/mol. The Labute approximate surface area is 152 Å². The highest BCUT2D eigenvalue weighted by Crippen LogP contribution is 2.20. The van der Waals surface area contributed by atoms with Crippen molar-refractivity contribution in [3.8, 4) is 5.75 Å². The Morgan fingerprint density at radius 3 is 2.54 bits per heavy atom. The van der Waals surface area contributed by atoms with Gasteiger partial charge in [0.25, 0.3) is 15.9 Å². The number of para-hydroxylation sites is 1. The van der Waals surface area contributed by atoms with Crippen molar-refractivity contribution in [2.45, 2.75) is 25.7 Å². The van der Waals surface area contributed by atoms with Crippen LogP contribution < -0.4 is 15.3 Å². The van der Waals surface area contributed by atoms with Crippen LogP contribution in [0.5, 0.6) is 5.75 Å². The fourth-order valence-electron chi connectivity index (χ4n) is 2.38. The molecule has 0 radical (unpaired) electrons. The number of amides is 1. The summed E-state index contributed by atoms with van der Waals surface area (Å²) < 4.78 is 30.3. The third-order valence-corrected chi connectivity index (χ3v) is 4.97. The predicted octanol–water partition coefficient (Wildman–Crippen LogP) is 1.87. The zero-order valence-corrected chi connectivity index (χ0v) is 15.6. The Bertz CT molecular complexity index is 953. The molecule has 8 heteroatoms. The average Bonchev–Trinajstić information content (AvgIpc) is 2.58. The Balaban J connectivity index is 2.26. The number of primary amides is 1. The fourth-order valence-corrected chi connectivity index (χ4v) is 3.46. The van der Waals surface area contributed by atoms with Gasteiger partial charge in [-0.15, -0.1) is 0 Å². The van der Waals surface area contributed by atoms with Crippen LogP contribution in [0.1, 0.15) is 23.6 Å². The minimum Gasteiger partial charge on any atom is -0.483 e. The molecule has 138 valence electrons. The summed E-state index contributed by atoms with van der Waals surface area (Å²) >= 11 is 0. The molecular formula is C18H21N3O4S. The zero-order chi connectivity index (χ0) is 19.3. The van der Waals surface area contributed by atoms with Crippen LogP contribution in [0.25, 0.3) is 0 Å². The molecule has 26 heavy (non-hydrogen) atoms. The summed E-state index contributed by atoms with van der Waals surface area (Å²) in [5, 5.41) is 3.98. The Hall–Kier alpha value is -2.87. The van der Waals surface area contributed by atoms with E-state index in [0.29, 0.717) is 22.6 Å². The van der Waals surface area contributed by atoms with Gasteiger partial charge in [0.1, 0.15) is 5.75 Å². The van der Waals surface area contributed by atoms with Crippen molar-refractivity contribution in [1.82, 2.24) is 4.83 Å². The van der Waals surface area contributed by atoms with Gasteiger partial charge in [-0.25, -0.2) is 0 Å². The van der Waals surface area contributed by atoms with E-state index < -0.39 is 15.9 Å². The van der Waals surface area contributed by atoms with E-state index in [9.17, 15) is 13.2 Å². The quantitative estimate of drug-likeness (QED) is 0.568. The number of hydrazone groups is 1. The molecule has 0 aliphatic carbocycles. The van der Waals surface area contributed by atoms with Crippen LogP contribution >= 0.6 is 0 Å². The lowest BCUT2D eigenvalue weighted by molar-refractivity contribution is -0.119. The molecule has 0 atom stereocenters. The summed E-state index contributed by atoms with van der Waals surface area (Å²) in [5.74, 6) is -0.219. The van der Waals surface area contributed by atoms with Gasteiger partial charge in [0.15, 0.2) is 6.61 Å². The van der Waals surface area contributed by atoms with Gasteiger partial charge in [0.2, 0.25) is 0 Å². The smallest absolute Gasteiger partial charge is 0.276 e. The number of hydrogen-bond donors (Lipinski definition) is 2. The summed E-state index contributed by atoms with van der Waals surface area (Å²) in [4.78, 5) is 13.3. The van der Waals surface area contributed by atoms with Gasteiger partial charge < -0.3 is 10.5 Å². The van der Waals surface area contributed by atoms with Gasteiger partial charge in [-0.05, 0) is 44.5 Å². The van der Waals surface area contributed by atoms with Crippen molar-refractivity contribution in [2.75, 3.05) is 6.61 Å². The van der Waals surface area contributed by atoms with Crippen molar-refractivity contribution in [3.63, 3.8) is 0 Å². The minimum absolute atomic E-state index is 0.165. The number of nitrogens with two attached hydrogens (primary N) is 1. The molecule has 1 amide bonds. The van der Waals surface area contributed by atoms with Gasteiger partial charge >= 0.3 is 0 Å². The van der Waals surface area contributed by atoms with Crippen molar-refractivity contribution in [1.29, 1.82) is 0 Å². The highest BCUT2D eigenvalue weighted by atomic mass is 32.2. The van der Waals surface area contributed by atoms with Crippen LogP contribution in [0, 0.1) is 13.8 Å². The number of rotatable bonds is 7. The summed E-state index contributed by atoms with van der Waals surface area (Å²) in [6.07, 6.45) is 0. The van der Waals surface area contributed by atoms with E-state index in [4.69, 9.17) is 10.5 Å². The van der Waals surface area contributed by atoms with E-state index >= 15 is 0 Å². The molecule has 0 saturated carbocycles. The molecular weight excluding hydrogens is 354 g/mol. The summed E-state index contributed by atoms with van der Waals surface area (Å²) in [7, 11) is -3.80. The normalized spacial score (nSPS) is 11.9. The molecule has 0 fully saturated rings. The van der Waals surface area contributed by atoms with E-state index in [0.717, 1.165) is 5.56 Å². The molecule has 2 aromatic rings. The fraction of sp³-hybridized carbons (Fsp3) is 0.222. The highest BCUT2D eigenvalue weighted by Gasteiger charge is 2.16. The zero-order valence-electron chi connectivity index (χ0n) is 14.8. The molecule has 2 aromatic carbocycles. The number of sulfonamides is 1. The van der Waals surface area contributed by atoms with E-state index in [1.165, 1.54) is 0 Å². The Morgan fingerprint density at radius 1 is 1.19 bits per heavy atom. The molecule has 0 heterocycles. The lowest BCUT2D eigenvalue weighted by Crippen LogP contribution is -2.22. The van der Waals surface area contributed by atoms with E-state index in [2.05, 4.69) is 9.93 Å². The first-order chi connectivity index (χ1) is 12.2. The van der Waals surface area contributed by atoms with Crippen LogP contribution in [0.15, 0.2) is 52.5 Å². The van der Waals surface area contributed by atoms with Crippen molar-refractivity contribution in [2.24, 2.45) is 10.8 Å². The molecule has 3 N–H and O–H groups in total. The number of carbonyl (C=O) groups is 1. The average molecular weight is 375 g/mol. The van der Waals surface area contributed by atoms with E-state index in [1.807, 2.05) is 6.92 Å². The number of ether oxygens (including phenoxy) is 1. The number of nitrogens with zero attached hydrogens (tertiary/aromatic N) is 1. The van der Waals surface area contributed by atoms with E-state index in [-0.39, 0.29) is 11.5 Å². The Morgan fingerprint density at radius 2 is 1.88 bits per heavy atom. The number of aryl methyl sites for hydroxylation is 2. The van der Waals surface area contributed by atoms with Crippen LogP contribution in [0.4, 0.5) is 0 Å². The molecule has 0 spiro atoms. The first-order valence-corrected chi connectivity index (χ1v) is 9.33. The van der Waals surface area contributed by atoms with Crippen LogP contribution in [0.2, 0.25) is 0 Å². The van der Waals surface area contributed by atoms with Gasteiger partial charge in [0.05, 0.1) is 10.6 Å². The first kappa shape index (κ1) is 19.5. The number of carbonyl (C=O) groups excluding carboxylic acids is 1. The molecule has 0 unspecified atom stereocenters. The Kier molecular flexibility index (Phi) is 5.99. The number of nitrogens with one attached hydrogen (secondary N) is 1. The van der Waals surface area contributed by atoms with Crippen molar-refractivity contribution < 1.29 is 17.9 Å². The second-order valence-electron chi connectivity index (χ2n) is 5.81. The third kappa shape index (κ3) is 4.82. The molecule has 0 bridgehead atoms. The van der Waals surface area contributed by atoms with E-state index in [1.54, 1.807) is 56.3 Å². The summed E-state index contributed by atoms with van der Waals surface area (Å²) in [5.41, 5.74) is 7.63. The van der Waals surface area contributed by atoms with Gasteiger partial charge in [0, 0.05) is 5.56 Å². The summed E-state index contributed by atoms with van der Waals surface area (Å²) in [6, 6.07) is 11.9. The maximum absolute atomic E-state index is 12.5. The lowest BCUT2D eigenvalue weighted by Gasteiger charge is -2.11. The molecule has 0 aromatic heterocycles. The molecule has 7 nitrogen and oxygen atoms in total. The van der Waals surface area contributed by atoms with Crippen LogP contribution in [0.3, 0.4) is 0 Å². The predicted molar refractivity (Wildman–Crippen MR) is 99.6 cm³/mol. The van der Waals surface area contributed by atoms with Crippen LogP contribution in [-0.2, 0) is 14.8 Å². The number of hydrogen-bond acceptors (Lipinski definition) is 5. The second kappa shape index (κ2) is 8.01. The van der Waals surface area contributed by atoms with Gasteiger partial charge in [-0.1, -0.05) is 29.8 Å². The molecule has 0 saturated heterocycles. The lowest BCUT2D eigenvalue weighted by atomic mass is 10.1. The first-order valence-electron chi connectivity index (χ1n) is 7.84. The third-order valence-electron chi connectivity index (χ3n) is 3.60. The molecule has 0 aliphatic heterocycles. The topological polar surface area (TPSA) is 111 Å². The van der Waals surface area contributed by atoms with Crippen molar-refractivity contribution >= 4 is 21.6 Å². The minimum atomic E-state index is -3.80. The van der Waals surface area contributed by atoms with Gasteiger partial charge in [-0.2, -0.15) is 18.4 Å². The molecule has 2 rings (SSSR count). The largest absolute Gasteiger partial charge is 0.483 e. The highest BCUT2D eigenvalue weighted by molar-refractivity contribution is 7.89. The standard InChI is InChI=1S/C18H21N3O4S/c1-12-8-9-17(13(2)10-12)26(23,24)21-20-14(3)15-6-4-5-7-16(15)25-11-18(19)22/h4-10,21H,11H2,1-3H3,(H2,19,22). The van der Waals surface area contributed by atoms with Gasteiger partial charge in [-0.3, -0.25) is 4.79 Å². The molecule has 0 aliphatic rings. The summed E-state index contributed by atoms with van der Waals surface area (Å²) in [6.45, 7) is 4.98. The van der Waals surface area contributed by atoms with Crippen LogP contribution in [-0.4, -0.2) is 26.6 Å². The SMILES string of the molecule is CC(=NNS(=O)(=O)c1ccc(C)cc1C)c1ccccc1OCC(N)=O. The number of benzene rings is 2.